The zero-order valence-corrected chi connectivity index (χ0v) is 11.7. The Morgan fingerprint density at radius 3 is 2.67 bits per heavy atom. The first kappa shape index (κ1) is 13.6. The molecule has 0 bridgehead atoms. The summed E-state index contributed by atoms with van der Waals surface area (Å²) in [5.74, 6) is 0.204. The SMILES string of the molecule is Nc1cc(F)c(Br)cc1NCC1CCC(O)CC1. The molecular weight excluding hydrogens is 299 g/mol. The highest BCUT2D eigenvalue weighted by Gasteiger charge is 2.19. The Balaban J connectivity index is 1.92. The van der Waals surface area contributed by atoms with Crippen LogP contribution in [0, 0.1) is 11.7 Å². The van der Waals surface area contributed by atoms with Gasteiger partial charge in [0.05, 0.1) is 22.0 Å². The second-order valence-corrected chi connectivity index (χ2v) is 5.76. The number of aliphatic hydroxyl groups is 1. The predicted molar refractivity (Wildman–Crippen MR) is 75.0 cm³/mol. The van der Waals surface area contributed by atoms with Crippen LogP contribution >= 0.6 is 15.9 Å². The Hall–Kier alpha value is -0.810. The van der Waals surface area contributed by atoms with Crippen LogP contribution in [-0.2, 0) is 0 Å². The van der Waals surface area contributed by atoms with Gasteiger partial charge in [0, 0.05) is 12.6 Å². The van der Waals surface area contributed by atoms with E-state index in [4.69, 9.17) is 5.73 Å². The Morgan fingerprint density at radius 2 is 2.00 bits per heavy atom. The summed E-state index contributed by atoms with van der Waals surface area (Å²) >= 11 is 3.15. The first-order valence-electron chi connectivity index (χ1n) is 6.22. The van der Waals surface area contributed by atoms with E-state index in [-0.39, 0.29) is 11.9 Å². The average Bonchev–Trinajstić information content (AvgIpc) is 2.34. The molecule has 1 aliphatic carbocycles. The normalized spacial score (nSPS) is 23.9. The molecule has 0 amide bonds. The minimum Gasteiger partial charge on any atom is -0.397 e. The maximum atomic E-state index is 13.2. The van der Waals surface area contributed by atoms with Gasteiger partial charge in [-0.05, 0) is 53.6 Å². The molecule has 5 heteroatoms. The molecule has 0 radical (unpaired) electrons. The molecule has 0 saturated heterocycles. The first-order valence-corrected chi connectivity index (χ1v) is 7.02. The van der Waals surface area contributed by atoms with Gasteiger partial charge in [-0.3, -0.25) is 0 Å². The third-order valence-corrected chi connectivity index (χ3v) is 4.10. The van der Waals surface area contributed by atoms with Crippen molar-refractivity contribution < 1.29 is 9.50 Å². The number of benzene rings is 1. The lowest BCUT2D eigenvalue weighted by Crippen LogP contribution is -2.23. The number of aliphatic hydroxyl groups excluding tert-OH is 1. The van der Waals surface area contributed by atoms with Gasteiger partial charge in [0.15, 0.2) is 0 Å². The van der Waals surface area contributed by atoms with Gasteiger partial charge in [0.2, 0.25) is 0 Å². The van der Waals surface area contributed by atoms with Crippen LogP contribution in [-0.4, -0.2) is 17.8 Å². The van der Waals surface area contributed by atoms with Crippen LogP contribution in [0.2, 0.25) is 0 Å². The molecule has 0 spiro atoms. The smallest absolute Gasteiger partial charge is 0.139 e. The van der Waals surface area contributed by atoms with Crippen LogP contribution < -0.4 is 11.1 Å². The molecule has 0 unspecified atom stereocenters. The second kappa shape index (κ2) is 5.89. The van der Waals surface area contributed by atoms with E-state index in [0.29, 0.717) is 16.1 Å². The molecule has 4 N–H and O–H groups in total. The molecule has 3 nitrogen and oxygen atoms in total. The molecule has 2 rings (SSSR count). The van der Waals surface area contributed by atoms with Gasteiger partial charge >= 0.3 is 0 Å². The van der Waals surface area contributed by atoms with Crippen LogP contribution in [0.4, 0.5) is 15.8 Å². The zero-order chi connectivity index (χ0) is 13.1. The fourth-order valence-electron chi connectivity index (χ4n) is 2.32. The van der Waals surface area contributed by atoms with Crippen molar-refractivity contribution in [1.29, 1.82) is 0 Å². The van der Waals surface area contributed by atoms with Crippen molar-refractivity contribution in [3.05, 3.63) is 22.4 Å². The Kier molecular flexibility index (Phi) is 4.45. The highest BCUT2D eigenvalue weighted by Crippen LogP contribution is 2.29. The Morgan fingerprint density at radius 1 is 1.33 bits per heavy atom. The fourth-order valence-corrected chi connectivity index (χ4v) is 2.66. The fraction of sp³-hybridized carbons (Fsp3) is 0.538. The molecule has 0 atom stereocenters. The number of anilines is 2. The summed E-state index contributed by atoms with van der Waals surface area (Å²) in [7, 11) is 0. The van der Waals surface area contributed by atoms with Crippen LogP contribution in [0.3, 0.4) is 0 Å². The summed E-state index contributed by atoms with van der Waals surface area (Å²) in [5.41, 5.74) is 6.95. The van der Waals surface area contributed by atoms with Gasteiger partial charge < -0.3 is 16.2 Å². The zero-order valence-electron chi connectivity index (χ0n) is 10.1. The van der Waals surface area contributed by atoms with Gasteiger partial charge in [-0.2, -0.15) is 0 Å². The summed E-state index contributed by atoms with van der Waals surface area (Å²) in [4.78, 5) is 0. The van der Waals surface area contributed by atoms with E-state index in [9.17, 15) is 9.50 Å². The molecule has 100 valence electrons. The minimum absolute atomic E-state index is 0.133. The quantitative estimate of drug-likeness (QED) is 0.751. The monoisotopic (exact) mass is 316 g/mol. The van der Waals surface area contributed by atoms with Gasteiger partial charge in [-0.1, -0.05) is 0 Å². The van der Waals surface area contributed by atoms with E-state index in [1.54, 1.807) is 6.07 Å². The number of hydrogen-bond acceptors (Lipinski definition) is 3. The molecule has 0 aromatic heterocycles. The Labute approximate surface area is 115 Å². The van der Waals surface area contributed by atoms with E-state index in [2.05, 4.69) is 21.2 Å². The van der Waals surface area contributed by atoms with Gasteiger partial charge in [0.1, 0.15) is 5.82 Å². The highest BCUT2D eigenvalue weighted by atomic mass is 79.9. The number of hydrogen-bond donors (Lipinski definition) is 3. The van der Waals surface area contributed by atoms with Crippen molar-refractivity contribution in [2.24, 2.45) is 5.92 Å². The summed E-state index contributed by atoms with van der Waals surface area (Å²) < 4.78 is 13.6. The summed E-state index contributed by atoms with van der Waals surface area (Å²) in [6.07, 6.45) is 3.66. The molecule has 1 aromatic carbocycles. The topological polar surface area (TPSA) is 58.3 Å². The minimum atomic E-state index is -0.348. The van der Waals surface area contributed by atoms with Crippen molar-refractivity contribution >= 4 is 27.3 Å². The molecular formula is C13H18BrFN2O. The lowest BCUT2D eigenvalue weighted by Gasteiger charge is -2.26. The van der Waals surface area contributed by atoms with Gasteiger partial charge in [-0.25, -0.2) is 4.39 Å². The van der Waals surface area contributed by atoms with E-state index in [1.165, 1.54) is 6.07 Å². The van der Waals surface area contributed by atoms with E-state index >= 15 is 0 Å². The molecule has 18 heavy (non-hydrogen) atoms. The number of nitrogens with one attached hydrogen (secondary N) is 1. The lowest BCUT2D eigenvalue weighted by atomic mass is 9.87. The molecule has 0 aliphatic heterocycles. The van der Waals surface area contributed by atoms with Crippen molar-refractivity contribution in [1.82, 2.24) is 0 Å². The summed E-state index contributed by atoms with van der Waals surface area (Å²) in [6.45, 7) is 0.814. The van der Waals surface area contributed by atoms with E-state index in [1.807, 2.05) is 0 Å². The van der Waals surface area contributed by atoms with Crippen LogP contribution in [0.1, 0.15) is 25.7 Å². The van der Waals surface area contributed by atoms with Crippen LogP contribution in [0.15, 0.2) is 16.6 Å². The largest absolute Gasteiger partial charge is 0.397 e. The number of rotatable bonds is 3. The number of halogens is 2. The van der Waals surface area contributed by atoms with Gasteiger partial charge in [-0.15, -0.1) is 0 Å². The van der Waals surface area contributed by atoms with Crippen molar-refractivity contribution in [3.8, 4) is 0 Å². The third kappa shape index (κ3) is 3.36. The van der Waals surface area contributed by atoms with Crippen molar-refractivity contribution in [2.75, 3.05) is 17.6 Å². The first-order chi connectivity index (χ1) is 8.56. The third-order valence-electron chi connectivity index (χ3n) is 3.49. The number of nitrogens with two attached hydrogens (primary N) is 1. The summed E-state index contributed by atoms with van der Waals surface area (Å²) in [5, 5.41) is 12.7. The van der Waals surface area contributed by atoms with Crippen molar-refractivity contribution in [2.45, 2.75) is 31.8 Å². The highest BCUT2D eigenvalue weighted by molar-refractivity contribution is 9.10. The maximum Gasteiger partial charge on any atom is 0.139 e. The predicted octanol–water partition coefficient (Wildman–Crippen LogP) is 3.13. The van der Waals surface area contributed by atoms with Crippen LogP contribution in [0.25, 0.3) is 0 Å². The van der Waals surface area contributed by atoms with Gasteiger partial charge in [0.25, 0.3) is 0 Å². The van der Waals surface area contributed by atoms with E-state index in [0.717, 1.165) is 37.9 Å². The molecule has 1 saturated carbocycles. The molecule has 1 aliphatic rings. The molecule has 0 heterocycles. The standard InChI is InChI=1S/C13H18BrFN2O/c14-10-5-13(12(16)6-11(10)15)17-7-8-1-3-9(18)4-2-8/h5-6,8-9,17-18H,1-4,7,16H2. The maximum absolute atomic E-state index is 13.2. The average molecular weight is 317 g/mol. The lowest BCUT2D eigenvalue weighted by molar-refractivity contribution is 0.111. The molecule has 1 aromatic rings. The van der Waals surface area contributed by atoms with E-state index < -0.39 is 0 Å². The summed E-state index contributed by atoms with van der Waals surface area (Å²) in [6, 6.07) is 2.99. The second-order valence-electron chi connectivity index (χ2n) is 4.91. The van der Waals surface area contributed by atoms with Crippen molar-refractivity contribution in [3.63, 3.8) is 0 Å². The number of nitrogen functional groups attached to an aromatic ring is 1. The van der Waals surface area contributed by atoms with Crippen LogP contribution in [0.5, 0.6) is 0 Å². The molecule has 1 fully saturated rings. The Bertz CT molecular complexity index is 420.